The number of ether oxygens (including phenoxy) is 1. The van der Waals surface area contributed by atoms with Gasteiger partial charge in [0.15, 0.2) is 5.56 Å². The molecule has 8 nitrogen and oxygen atoms in total. The molecule has 0 fully saturated rings. The lowest BCUT2D eigenvalue weighted by Gasteiger charge is -2.09. The quantitative estimate of drug-likeness (QED) is 0.454. The second-order valence-corrected chi connectivity index (χ2v) is 3.20. The van der Waals surface area contributed by atoms with Gasteiger partial charge in [0.1, 0.15) is 6.54 Å². The van der Waals surface area contributed by atoms with Crippen LogP contribution in [-0.4, -0.2) is 35.6 Å². The highest BCUT2D eigenvalue weighted by Gasteiger charge is 2.24. The third-order valence-electron chi connectivity index (χ3n) is 2.06. The Morgan fingerprint density at radius 1 is 1.50 bits per heavy atom. The molecule has 0 aliphatic heterocycles. The molecule has 96 valence electrons. The van der Waals surface area contributed by atoms with Gasteiger partial charge in [-0.2, -0.15) is 0 Å². The zero-order chi connectivity index (χ0) is 13.7. The first kappa shape index (κ1) is 13.4. The molecule has 1 aromatic carbocycles. The standard InChI is InChI=1S/C10H10N2O6/c1-18-10(15)9-6(11-5-8(13)14)3-2-4-7(9)12(16)17/h2-4,11H,5H2,1H3,(H,13,14). The fraction of sp³-hybridized carbons (Fsp3) is 0.200. The van der Waals surface area contributed by atoms with Crippen molar-refractivity contribution in [1.82, 2.24) is 0 Å². The molecule has 1 aromatic rings. The number of nitro benzene ring substituents is 1. The lowest BCUT2D eigenvalue weighted by atomic mass is 10.1. The Bertz CT molecular complexity index is 499. The highest BCUT2D eigenvalue weighted by Crippen LogP contribution is 2.26. The molecule has 0 unspecified atom stereocenters. The molecule has 0 heterocycles. The third kappa shape index (κ3) is 2.94. The van der Waals surface area contributed by atoms with Crippen LogP contribution in [0, 0.1) is 10.1 Å². The number of esters is 1. The van der Waals surface area contributed by atoms with Crippen LogP contribution in [0.1, 0.15) is 10.4 Å². The number of nitrogens with zero attached hydrogens (tertiary/aromatic N) is 1. The van der Waals surface area contributed by atoms with Gasteiger partial charge in [-0.25, -0.2) is 4.79 Å². The van der Waals surface area contributed by atoms with E-state index < -0.39 is 29.1 Å². The summed E-state index contributed by atoms with van der Waals surface area (Å²) in [4.78, 5) is 32.0. The summed E-state index contributed by atoms with van der Waals surface area (Å²) >= 11 is 0. The number of anilines is 1. The number of carbonyl (C=O) groups is 2. The molecule has 18 heavy (non-hydrogen) atoms. The van der Waals surface area contributed by atoms with E-state index in [-0.39, 0.29) is 11.3 Å². The van der Waals surface area contributed by atoms with E-state index in [1.807, 2.05) is 0 Å². The molecule has 2 N–H and O–H groups in total. The summed E-state index contributed by atoms with van der Waals surface area (Å²) in [5.41, 5.74) is -0.707. The Kier molecular flexibility index (Phi) is 4.19. The third-order valence-corrected chi connectivity index (χ3v) is 2.06. The monoisotopic (exact) mass is 254 g/mol. The van der Waals surface area contributed by atoms with Gasteiger partial charge in [-0.05, 0) is 6.07 Å². The summed E-state index contributed by atoms with van der Waals surface area (Å²) < 4.78 is 4.44. The van der Waals surface area contributed by atoms with Gasteiger partial charge >= 0.3 is 11.9 Å². The molecule has 0 radical (unpaired) electrons. The van der Waals surface area contributed by atoms with Crippen LogP contribution in [0.3, 0.4) is 0 Å². The van der Waals surface area contributed by atoms with Crippen molar-refractivity contribution >= 4 is 23.3 Å². The number of carbonyl (C=O) groups excluding carboxylic acids is 1. The van der Waals surface area contributed by atoms with Crippen LogP contribution in [-0.2, 0) is 9.53 Å². The van der Waals surface area contributed by atoms with Gasteiger partial charge in [0.05, 0.1) is 17.7 Å². The molecule has 0 saturated heterocycles. The number of nitro groups is 1. The Labute approximate surface area is 101 Å². The van der Waals surface area contributed by atoms with Gasteiger partial charge in [-0.3, -0.25) is 14.9 Å². The first-order valence-corrected chi connectivity index (χ1v) is 4.78. The lowest BCUT2D eigenvalue weighted by Crippen LogP contribution is -2.16. The van der Waals surface area contributed by atoms with Gasteiger partial charge in [0, 0.05) is 6.07 Å². The summed E-state index contributed by atoms with van der Waals surface area (Å²) in [6.45, 7) is -0.467. The van der Waals surface area contributed by atoms with E-state index in [4.69, 9.17) is 5.11 Å². The molecule has 8 heteroatoms. The van der Waals surface area contributed by atoms with Crippen LogP contribution in [0.15, 0.2) is 18.2 Å². The minimum absolute atomic E-state index is 0.0402. The summed E-state index contributed by atoms with van der Waals surface area (Å²) in [5, 5.41) is 21.7. The largest absolute Gasteiger partial charge is 0.480 e. The maximum atomic E-state index is 11.5. The molecule has 0 bridgehead atoms. The van der Waals surface area contributed by atoms with E-state index in [1.165, 1.54) is 12.1 Å². The average Bonchev–Trinajstić information content (AvgIpc) is 2.34. The van der Waals surface area contributed by atoms with E-state index in [9.17, 15) is 19.7 Å². The highest BCUT2D eigenvalue weighted by molar-refractivity contribution is 6.00. The van der Waals surface area contributed by atoms with E-state index >= 15 is 0 Å². The van der Waals surface area contributed by atoms with E-state index in [2.05, 4.69) is 10.1 Å². The SMILES string of the molecule is COC(=O)c1c(NCC(=O)O)cccc1[N+](=O)[O-]. The fourth-order valence-electron chi connectivity index (χ4n) is 1.33. The number of nitrogens with one attached hydrogen (secondary N) is 1. The molecule has 1 rings (SSSR count). The molecular weight excluding hydrogens is 244 g/mol. The highest BCUT2D eigenvalue weighted by atomic mass is 16.6. The van der Waals surface area contributed by atoms with Gasteiger partial charge in [0.2, 0.25) is 0 Å². The maximum absolute atomic E-state index is 11.5. The Hall–Kier alpha value is -2.64. The van der Waals surface area contributed by atoms with Crippen molar-refractivity contribution in [2.24, 2.45) is 0 Å². The zero-order valence-electron chi connectivity index (χ0n) is 9.37. The van der Waals surface area contributed by atoms with E-state index in [0.717, 1.165) is 13.2 Å². The number of carboxylic acid groups (broad SMARTS) is 1. The van der Waals surface area contributed by atoms with E-state index in [0.29, 0.717) is 0 Å². The van der Waals surface area contributed by atoms with Crippen molar-refractivity contribution in [2.75, 3.05) is 19.0 Å². The van der Waals surface area contributed by atoms with Crippen molar-refractivity contribution in [3.05, 3.63) is 33.9 Å². The molecule has 0 aromatic heterocycles. The normalized spacial score (nSPS) is 9.61. The molecule has 0 saturated carbocycles. The Balaban J connectivity index is 3.23. The molecule has 0 amide bonds. The minimum Gasteiger partial charge on any atom is -0.480 e. The molecule has 0 aliphatic carbocycles. The molecular formula is C10H10N2O6. The van der Waals surface area contributed by atoms with Crippen LogP contribution in [0.25, 0.3) is 0 Å². The van der Waals surface area contributed by atoms with Crippen molar-refractivity contribution in [3.8, 4) is 0 Å². The van der Waals surface area contributed by atoms with Crippen LogP contribution in [0.5, 0.6) is 0 Å². The minimum atomic E-state index is -1.16. The van der Waals surface area contributed by atoms with E-state index in [1.54, 1.807) is 0 Å². The number of hydrogen-bond donors (Lipinski definition) is 2. The average molecular weight is 254 g/mol. The number of hydrogen-bond acceptors (Lipinski definition) is 6. The first-order chi connectivity index (χ1) is 8.47. The number of methoxy groups -OCH3 is 1. The molecule has 0 atom stereocenters. The molecule has 0 spiro atoms. The van der Waals surface area contributed by atoms with Crippen molar-refractivity contribution in [1.29, 1.82) is 0 Å². The second-order valence-electron chi connectivity index (χ2n) is 3.20. The number of rotatable bonds is 5. The van der Waals surface area contributed by atoms with Gasteiger partial charge in [-0.15, -0.1) is 0 Å². The summed E-state index contributed by atoms with van der Waals surface area (Å²) in [5.74, 6) is -2.06. The van der Waals surface area contributed by atoms with Crippen LogP contribution in [0.2, 0.25) is 0 Å². The van der Waals surface area contributed by atoms with Crippen molar-refractivity contribution in [2.45, 2.75) is 0 Å². The van der Waals surface area contributed by atoms with Crippen LogP contribution in [0.4, 0.5) is 11.4 Å². The lowest BCUT2D eigenvalue weighted by molar-refractivity contribution is -0.385. The van der Waals surface area contributed by atoms with Crippen molar-refractivity contribution in [3.63, 3.8) is 0 Å². The molecule has 0 aliphatic rings. The van der Waals surface area contributed by atoms with Crippen molar-refractivity contribution < 1.29 is 24.4 Å². The summed E-state index contributed by atoms with van der Waals surface area (Å²) in [6.07, 6.45) is 0. The zero-order valence-corrected chi connectivity index (χ0v) is 9.37. The smallest absolute Gasteiger partial charge is 0.347 e. The fourth-order valence-corrected chi connectivity index (χ4v) is 1.33. The van der Waals surface area contributed by atoms with Crippen LogP contribution < -0.4 is 5.32 Å². The predicted molar refractivity (Wildman–Crippen MR) is 60.6 cm³/mol. The topological polar surface area (TPSA) is 119 Å². The van der Waals surface area contributed by atoms with Gasteiger partial charge < -0.3 is 15.2 Å². The number of benzene rings is 1. The van der Waals surface area contributed by atoms with Crippen LogP contribution >= 0.6 is 0 Å². The van der Waals surface area contributed by atoms with Gasteiger partial charge in [0.25, 0.3) is 5.69 Å². The Morgan fingerprint density at radius 3 is 2.67 bits per heavy atom. The first-order valence-electron chi connectivity index (χ1n) is 4.78. The number of aliphatic carboxylic acids is 1. The van der Waals surface area contributed by atoms with Gasteiger partial charge in [-0.1, -0.05) is 6.07 Å². The summed E-state index contributed by atoms with van der Waals surface area (Å²) in [7, 11) is 1.08. The maximum Gasteiger partial charge on any atom is 0.347 e. The second kappa shape index (κ2) is 5.62. The summed E-state index contributed by atoms with van der Waals surface area (Å²) in [6, 6.07) is 3.84. The predicted octanol–water partition coefficient (Wildman–Crippen LogP) is 0.878. The Morgan fingerprint density at radius 2 is 2.17 bits per heavy atom. The number of carboxylic acids is 1.